The summed E-state index contributed by atoms with van der Waals surface area (Å²) in [5, 5.41) is 10.7. The number of methoxy groups -OCH3 is 2. The number of rotatable bonds is 6. The van der Waals surface area contributed by atoms with Gasteiger partial charge in [0.15, 0.2) is 11.5 Å². The fourth-order valence-corrected chi connectivity index (χ4v) is 1.85. The maximum Gasteiger partial charge on any atom is 0.238 e. The zero-order valence-corrected chi connectivity index (χ0v) is 11.7. The van der Waals surface area contributed by atoms with E-state index in [1.807, 2.05) is 13.8 Å². The molecule has 19 heavy (non-hydrogen) atoms. The fraction of sp³-hybridized carbons (Fsp3) is 0.429. The minimum absolute atomic E-state index is 0.333. The van der Waals surface area contributed by atoms with Crippen molar-refractivity contribution in [2.75, 3.05) is 14.2 Å². The Hall–Kier alpha value is -2.04. The second kappa shape index (κ2) is 6.78. The molecule has 1 rings (SSSR count). The van der Waals surface area contributed by atoms with Crippen molar-refractivity contribution in [1.29, 1.82) is 0 Å². The number of nitro groups is 1. The largest absolute Gasteiger partial charge is 0.493 e. The van der Waals surface area contributed by atoms with Gasteiger partial charge in [-0.05, 0) is 30.0 Å². The van der Waals surface area contributed by atoms with Crippen LogP contribution in [0.15, 0.2) is 24.4 Å². The summed E-state index contributed by atoms with van der Waals surface area (Å²) in [6.45, 7) is 4.04. The first-order valence-corrected chi connectivity index (χ1v) is 6.04. The number of benzene rings is 1. The van der Waals surface area contributed by atoms with Gasteiger partial charge < -0.3 is 9.47 Å². The molecule has 0 aliphatic rings. The lowest BCUT2D eigenvalue weighted by Crippen LogP contribution is -1.97. The van der Waals surface area contributed by atoms with Gasteiger partial charge in [0.2, 0.25) is 6.20 Å². The smallest absolute Gasteiger partial charge is 0.238 e. The summed E-state index contributed by atoms with van der Waals surface area (Å²) in [6.07, 6.45) is 1.69. The summed E-state index contributed by atoms with van der Waals surface area (Å²) in [4.78, 5) is 10.3. The molecule has 0 spiro atoms. The van der Waals surface area contributed by atoms with Crippen molar-refractivity contribution in [1.82, 2.24) is 0 Å². The van der Waals surface area contributed by atoms with E-state index < -0.39 is 4.92 Å². The highest BCUT2D eigenvalue weighted by Crippen LogP contribution is 2.32. The summed E-state index contributed by atoms with van der Waals surface area (Å²) >= 11 is 0. The Morgan fingerprint density at radius 2 is 1.95 bits per heavy atom. The van der Waals surface area contributed by atoms with E-state index in [0.29, 0.717) is 29.4 Å². The normalized spacial score (nSPS) is 11.5. The zero-order chi connectivity index (χ0) is 14.4. The molecule has 0 N–H and O–H groups in total. The van der Waals surface area contributed by atoms with Crippen LogP contribution in [0.3, 0.4) is 0 Å². The van der Waals surface area contributed by atoms with Crippen molar-refractivity contribution in [3.63, 3.8) is 0 Å². The van der Waals surface area contributed by atoms with Crippen molar-refractivity contribution in [3.8, 4) is 11.5 Å². The molecule has 104 valence electrons. The summed E-state index contributed by atoms with van der Waals surface area (Å²) in [7, 11) is 3.10. The second-order valence-electron chi connectivity index (χ2n) is 4.61. The van der Waals surface area contributed by atoms with Crippen LogP contribution in [0.25, 0.3) is 5.57 Å². The van der Waals surface area contributed by atoms with Gasteiger partial charge >= 0.3 is 0 Å². The molecule has 0 aromatic heterocycles. The Kier molecular flexibility index (Phi) is 5.36. The van der Waals surface area contributed by atoms with Crippen molar-refractivity contribution >= 4 is 5.57 Å². The van der Waals surface area contributed by atoms with Crippen LogP contribution in [0.2, 0.25) is 0 Å². The lowest BCUT2D eigenvalue weighted by atomic mass is 9.97. The van der Waals surface area contributed by atoms with E-state index in [0.717, 1.165) is 11.8 Å². The molecule has 0 atom stereocenters. The van der Waals surface area contributed by atoms with Gasteiger partial charge in [0.25, 0.3) is 0 Å². The highest BCUT2D eigenvalue weighted by molar-refractivity contribution is 5.67. The molecule has 1 aromatic rings. The van der Waals surface area contributed by atoms with Crippen molar-refractivity contribution in [2.45, 2.75) is 20.3 Å². The van der Waals surface area contributed by atoms with Crippen LogP contribution in [0.5, 0.6) is 11.5 Å². The van der Waals surface area contributed by atoms with Crippen LogP contribution in [0, 0.1) is 16.0 Å². The van der Waals surface area contributed by atoms with E-state index in [4.69, 9.17) is 9.47 Å². The highest BCUT2D eigenvalue weighted by atomic mass is 16.6. The first-order valence-electron chi connectivity index (χ1n) is 6.04. The summed E-state index contributed by atoms with van der Waals surface area (Å²) in [5.41, 5.74) is 1.46. The summed E-state index contributed by atoms with van der Waals surface area (Å²) < 4.78 is 10.4. The Morgan fingerprint density at radius 1 is 1.32 bits per heavy atom. The van der Waals surface area contributed by atoms with Gasteiger partial charge in [-0.1, -0.05) is 19.9 Å². The SMILES string of the molecule is COc1ccc(/C(=C/[N+](=O)[O-])CC(C)C)cc1OC. The van der Waals surface area contributed by atoms with Crippen LogP contribution >= 0.6 is 0 Å². The molecule has 1 aromatic carbocycles. The topological polar surface area (TPSA) is 61.6 Å². The maximum atomic E-state index is 10.7. The van der Waals surface area contributed by atoms with Crippen LogP contribution < -0.4 is 9.47 Å². The fourth-order valence-electron chi connectivity index (χ4n) is 1.85. The third kappa shape index (κ3) is 4.28. The predicted octanol–water partition coefficient (Wildman–Crippen LogP) is 3.37. The predicted molar refractivity (Wildman–Crippen MR) is 74.0 cm³/mol. The molecule has 5 nitrogen and oxygen atoms in total. The van der Waals surface area contributed by atoms with Crippen LogP contribution in [-0.2, 0) is 0 Å². The van der Waals surface area contributed by atoms with Crippen LogP contribution in [0.4, 0.5) is 0 Å². The first kappa shape index (κ1) is 15.0. The molecule has 0 radical (unpaired) electrons. The number of ether oxygens (including phenoxy) is 2. The molecule has 5 heteroatoms. The lowest BCUT2D eigenvalue weighted by Gasteiger charge is -2.12. The first-order chi connectivity index (χ1) is 8.97. The Labute approximate surface area is 113 Å². The number of hydrogen-bond acceptors (Lipinski definition) is 4. The molecule has 0 amide bonds. The molecule has 0 fully saturated rings. The Bertz CT molecular complexity index is 480. The third-order valence-electron chi connectivity index (χ3n) is 2.64. The molecular weight excluding hydrogens is 246 g/mol. The van der Waals surface area contributed by atoms with Crippen LogP contribution in [0.1, 0.15) is 25.8 Å². The van der Waals surface area contributed by atoms with Gasteiger partial charge in [-0.25, -0.2) is 0 Å². The quantitative estimate of drug-likeness (QED) is 0.584. The van der Waals surface area contributed by atoms with Gasteiger partial charge in [-0.2, -0.15) is 0 Å². The van der Waals surface area contributed by atoms with E-state index in [9.17, 15) is 10.1 Å². The summed E-state index contributed by atoms with van der Waals surface area (Å²) in [6, 6.07) is 5.32. The molecule has 0 saturated carbocycles. The maximum absolute atomic E-state index is 10.7. The molecule has 0 heterocycles. The highest BCUT2D eigenvalue weighted by Gasteiger charge is 2.12. The van der Waals surface area contributed by atoms with Crippen LogP contribution in [-0.4, -0.2) is 19.1 Å². The molecule has 0 bridgehead atoms. The summed E-state index contributed by atoms with van der Waals surface area (Å²) in [5.74, 6) is 1.51. The average molecular weight is 265 g/mol. The van der Waals surface area contributed by atoms with Gasteiger partial charge in [0.1, 0.15) is 0 Å². The van der Waals surface area contributed by atoms with Crippen molar-refractivity contribution < 1.29 is 14.4 Å². The number of hydrogen-bond donors (Lipinski definition) is 0. The monoisotopic (exact) mass is 265 g/mol. The Balaban J connectivity index is 3.19. The van der Waals surface area contributed by atoms with E-state index >= 15 is 0 Å². The molecule has 0 saturated heterocycles. The van der Waals surface area contributed by atoms with Crippen molar-refractivity contribution in [2.24, 2.45) is 5.92 Å². The Morgan fingerprint density at radius 3 is 2.42 bits per heavy atom. The standard InChI is InChI=1S/C14H19NO4/c1-10(2)7-12(9-15(16)17)11-5-6-13(18-3)14(8-11)19-4/h5-6,8-10H,7H2,1-4H3/b12-9+. The van der Waals surface area contributed by atoms with E-state index in [2.05, 4.69) is 0 Å². The minimum atomic E-state index is -0.422. The van der Waals surface area contributed by atoms with Gasteiger partial charge in [0.05, 0.1) is 19.1 Å². The third-order valence-corrected chi connectivity index (χ3v) is 2.64. The second-order valence-corrected chi connectivity index (χ2v) is 4.61. The van der Waals surface area contributed by atoms with E-state index in [1.54, 1.807) is 32.4 Å². The number of nitrogens with zero attached hydrogens (tertiary/aromatic N) is 1. The van der Waals surface area contributed by atoms with Gasteiger partial charge in [0, 0.05) is 5.57 Å². The lowest BCUT2D eigenvalue weighted by molar-refractivity contribution is -0.401. The van der Waals surface area contributed by atoms with E-state index in [1.165, 1.54) is 0 Å². The average Bonchev–Trinajstić information content (AvgIpc) is 2.36. The molecule has 0 unspecified atom stereocenters. The van der Waals surface area contributed by atoms with Gasteiger partial charge in [-0.3, -0.25) is 10.1 Å². The van der Waals surface area contributed by atoms with Gasteiger partial charge in [-0.15, -0.1) is 0 Å². The minimum Gasteiger partial charge on any atom is -0.493 e. The van der Waals surface area contributed by atoms with Crippen molar-refractivity contribution in [3.05, 3.63) is 40.1 Å². The molecule has 0 aliphatic carbocycles. The zero-order valence-electron chi connectivity index (χ0n) is 11.7. The molecular formula is C14H19NO4. The molecule has 0 aliphatic heterocycles. The number of allylic oxidation sites excluding steroid dienone is 1. The van der Waals surface area contributed by atoms with E-state index in [-0.39, 0.29) is 0 Å².